The molecule has 1 aliphatic heterocycles. The van der Waals surface area contributed by atoms with Gasteiger partial charge < -0.3 is 15.1 Å². The van der Waals surface area contributed by atoms with Gasteiger partial charge in [-0.2, -0.15) is 0 Å². The first kappa shape index (κ1) is 17.0. The molecule has 2 aromatic rings. The fourth-order valence-corrected chi connectivity index (χ4v) is 2.98. The van der Waals surface area contributed by atoms with Gasteiger partial charge in [-0.15, -0.1) is 0 Å². The zero-order valence-electron chi connectivity index (χ0n) is 13.2. The van der Waals surface area contributed by atoms with Crippen molar-refractivity contribution < 1.29 is 4.79 Å². The van der Waals surface area contributed by atoms with E-state index in [0.29, 0.717) is 15.7 Å². The minimum atomic E-state index is -0.356. The summed E-state index contributed by atoms with van der Waals surface area (Å²) in [6.07, 6.45) is 3.11. The van der Waals surface area contributed by atoms with Crippen molar-refractivity contribution in [3.8, 4) is 0 Å². The van der Waals surface area contributed by atoms with Crippen LogP contribution in [0.25, 0.3) is 0 Å². The number of amides is 1. The maximum absolute atomic E-state index is 12.2. The van der Waals surface area contributed by atoms with Crippen molar-refractivity contribution in [3.63, 3.8) is 0 Å². The van der Waals surface area contributed by atoms with Crippen LogP contribution in [0.1, 0.15) is 10.5 Å². The molecule has 8 heteroatoms. The average Bonchev–Trinajstić information content (AvgIpc) is 2.55. The maximum atomic E-state index is 12.2. The molecule has 0 saturated carbocycles. The molecule has 3 rings (SSSR count). The first-order chi connectivity index (χ1) is 11.5. The number of nitrogens with one attached hydrogen (secondary N) is 1. The Balaban J connectivity index is 1.67. The van der Waals surface area contributed by atoms with Crippen molar-refractivity contribution in [2.24, 2.45) is 0 Å². The number of likely N-dealkylation sites (N-methyl/N-ethyl adjacent to an activating group) is 1. The van der Waals surface area contributed by atoms with E-state index in [4.69, 9.17) is 23.2 Å². The molecule has 0 spiro atoms. The number of carbonyl (C=O) groups is 1. The smallest absolute Gasteiger partial charge is 0.275 e. The highest BCUT2D eigenvalue weighted by molar-refractivity contribution is 6.35. The summed E-state index contributed by atoms with van der Waals surface area (Å²) in [5.74, 6) is 0.427. The minimum absolute atomic E-state index is 0.240. The molecule has 0 radical (unpaired) electrons. The summed E-state index contributed by atoms with van der Waals surface area (Å²) in [6, 6.07) is 4.85. The molecule has 126 valence electrons. The van der Waals surface area contributed by atoms with Gasteiger partial charge in [0, 0.05) is 41.9 Å². The van der Waals surface area contributed by atoms with Gasteiger partial charge in [-0.25, -0.2) is 9.97 Å². The first-order valence-corrected chi connectivity index (χ1v) is 8.30. The zero-order valence-corrected chi connectivity index (χ0v) is 14.7. The molecular weight excluding hydrogens is 349 g/mol. The molecule has 0 bridgehead atoms. The van der Waals surface area contributed by atoms with Crippen molar-refractivity contribution >= 4 is 40.6 Å². The van der Waals surface area contributed by atoms with Crippen molar-refractivity contribution in [1.29, 1.82) is 0 Å². The normalized spacial score (nSPS) is 15.4. The number of nitrogens with zero attached hydrogens (tertiary/aromatic N) is 4. The summed E-state index contributed by atoms with van der Waals surface area (Å²) in [4.78, 5) is 25.2. The van der Waals surface area contributed by atoms with Gasteiger partial charge >= 0.3 is 0 Å². The van der Waals surface area contributed by atoms with E-state index in [1.54, 1.807) is 24.4 Å². The minimum Gasteiger partial charge on any atom is -0.353 e. The fourth-order valence-electron chi connectivity index (χ4n) is 2.46. The number of hydrogen-bond donors (Lipinski definition) is 1. The largest absolute Gasteiger partial charge is 0.353 e. The van der Waals surface area contributed by atoms with Crippen LogP contribution >= 0.6 is 23.2 Å². The quantitative estimate of drug-likeness (QED) is 0.905. The standard InChI is InChI=1S/C16H17Cl2N5O/c1-22-2-4-23(5-3-22)15-10-19-14(9-20-15)16(24)21-13-7-11(17)6-12(18)8-13/h6-10H,2-5H2,1H3,(H,21,24). The molecule has 0 atom stereocenters. The van der Waals surface area contributed by atoms with Crippen LogP contribution < -0.4 is 10.2 Å². The van der Waals surface area contributed by atoms with Gasteiger partial charge in [0.1, 0.15) is 11.5 Å². The van der Waals surface area contributed by atoms with E-state index in [0.717, 1.165) is 32.0 Å². The lowest BCUT2D eigenvalue weighted by atomic mass is 10.3. The Bertz CT molecular complexity index is 709. The molecule has 24 heavy (non-hydrogen) atoms. The SMILES string of the molecule is CN1CCN(c2cnc(C(=O)Nc3cc(Cl)cc(Cl)c3)cn2)CC1. The van der Waals surface area contributed by atoms with Crippen LogP contribution in [0.4, 0.5) is 11.5 Å². The lowest BCUT2D eigenvalue weighted by Crippen LogP contribution is -2.44. The first-order valence-electron chi connectivity index (χ1n) is 7.54. The molecule has 1 aromatic carbocycles. The number of piperazine rings is 1. The van der Waals surface area contributed by atoms with E-state index >= 15 is 0 Å². The summed E-state index contributed by atoms with van der Waals surface area (Å²) >= 11 is 11.8. The summed E-state index contributed by atoms with van der Waals surface area (Å²) < 4.78 is 0. The van der Waals surface area contributed by atoms with Crippen LogP contribution in [0.2, 0.25) is 10.0 Å². The molecule has 2 heterocycles. The fraction of sp³-hybridized carbons (Fsp3) is 0.312. The third-order valence-corrected chi connectivity index (χ3v) is 4.25. The molecular formula is C16H17Cl2N5O. The summed E-state index contributed by atoms with van der Waals surface area (Å²) in [6.45, 7) is 3.77. The summed E-state index contributed by atoms with van der Waals surface area (Å²) in [5.41, 5.74) is 0.756. The van der Waals surface area contributed by atoms with Gasteiger partial charge in [-0.3, -0.25) is 4.79 Å². The van der Waals surface area contributed by atoms with Crippen molar-refractivity contribution in [2.45, 2.75) is 0 Å². The Hall–Kier alpha value is -1.89. The second kappa shape index (κ2) is 7.34. The third-order valence-electron chi connectivity index (χ3n) is 3.82. The van der Waals surface area contributed by atoms with Crippen molar-refractivity contribution in [2.75, 3.05) is 43.4 Å². The highest BCUT2D eigenvalue weighted by Gasteiger charge is 2.16. The molecule has 0 unspecified atom stereocenters. The van der Waals surface area contributed by atoms with E-state index in [1.165, 1.54) is 6.20 Å². The average molecular weight is 366 g/mol. The monoisotopic (exact) mass is 365 g/mol. The second-order valence-corrected chi connectivity index (χ2v) is 6.54. The van der Waals surface area contributed by atoms with Crippen LogP contribution in [-0.4, -0.2) is 54.0 Å². The molecule has 1 N–H and O–H groups in total. The topological polar surface area (TPSA) is 61.4 Å². The number of anilines is 2. The van der Waals surface area contributed by atoms with E-state index in [2.05, 4.69) is 32.1 Å². The lowest BCUT2D eigenvalue weighted by Gasteiger charge is -2.32. The van der Waals surface area contributed by atoms with E-state index in [9.17, 15) is 4.79 Å². The van der Waals surface area contributed by atoms with Gasteiger partial charge in [0.25, 0.3) is 5.91 Å². The highest BCUT2D eigenvalue weighted by Crippen LogP contribution is 2.22. The van der Waals surface area contributed by atoms with Gasteiger partial charge in [-0.05, 0) is 25.2 Å². The van der Waals surface area contributed by atoms with E-state index in [1.807, 2.05) is 0 Å². The second-order valence-electron chi connectivity index (χ2n) is 5.66. The highest BCUT2D eigenvalue weighted by atomic mass is 35.5. The number of halogens is 2. The number of hydrogen-bond acceptors (Lipinski definition) is 5. The molecule has 6 nitrogen and oxygen atoms in total. The van der Waals surface area contributed by atoms with Crippen molar-refractivity contribution in [3.05, 3.63) is 46.3 Å². The van der Waals surface area contributed by atoms with Crippen LogP contribution in [-0.2, 0) is 0 Å². The Labute approximate surface area is 150 Å². The predicted molar refractivity (Wildman–Crippen MR) is 96.2 cm³/mol. The van der Waals surface area contributed by atoms with Crippen LogP contribution in [0, 0.1) is 0 Å². The lowest BCUT2D eigenvalue weighted by molar-refractivity contribution is 0.102. The molecule has 1 fully saturated rings. The Morgan fingerprint density at radius 3 is 2.29 bits per heavy atom. The van der Waals surface area contributed by atoms with Crippen LogP contribution in [0.15, 0.2) is 30.6 Å². The summed E-state index contributed by atoms with van der Waals surface area (Å²) in [7, 11) is 2.10. The zero-order chi connectivity index (χ0) is 17.1. The van der Waals surface area contributed by atoms with Gasteiger partial charge in [0.15, 0.2) is 0 Å². The number of rotatable bonds is 3. The van der Waals surface area contributed by atoms with Gasteiger partial charge in [0.05, 0.1) is 12.4 Å². The van der Waals surface area contributed by atoms with Crippen LogP contribution in [0.5, 0.6) is 0 Å². The molecule has 0 aliphatic carbocycles. The Morgan fingerprint density at radius 1 is 1.04 bits per heavy atom. The Kier molecular flexibility index (Phi) is 5.18. The predicted octanol–water partition coefficient (Wildman–Crippen LogP) is 2.79. The molecule has 1 aromatic heterocycles. The Morgan fingerprint density at radius 2 is 1.71 bits per heavy atom. The third kappa shape index (κ3) is 4.14. The number of benzene rings is 1. The molecule has 1 aliphatic rings. The molecule has 1 amide bonds. The number of aromatic nitrogens is 2. The summed E-state index contributed by atoms with van der Waals surface area (Å²) in [5, 5.41) is 3.62. The van der Waals surface area contributed by atoms with E-state index < -0.39 is 0 Å². The van der Waals surface area contributed by atoms with Crippen molar-refractivity contribution in [1.82, 2.24) is 14.9 Å². The van der Waals surface area contributed by atoms with E-state index in [-0.39, 0.29) is 11.6 Å². The van der Waals surface area contributed by atoms with Gasteiger partial charge in [-0.1, -0.05) is 23.2 Å². The maximum Gasteiger partial charge on any atom is 0.275 e. The molecule has 1 saturated heterocycles. The van der Waals surface area contributed by atoms with Crippen LogP contribution in [0.3, 0.4) is 0 Å². The number of carbonyl (C=O) groups excluding carboxylic acids is 1. The van der Waals surface area contributed by atoms with Gasteiger partial charge in [0.2, 0.25) is 0 Å².